The second-order valence-electron chi connectivity index (χ2n) is 5.79. The number of hydrogen-bond acceptors (Lipinski definition) is 4. The highest BCUT2D eigenvalue weighted by Gasteiger charge is 2.33. The molecule has 2 N–H and O–H groups in total. The van der Waals surface area contributed by atoms with Crippen molar-refractivity contribution in [3.8, 4) is 0 Å². The van der Waals surface area contributed by atoms with Gasteiger partial charge in [0.05, 0.1) is 18.7 Å². The van der Waals surface area contributed by atoms with Gasteiger partial charge in [0, 0.05) is 5.54 Å². The largest absolute Gasteiger partial charge is 0.439 e. The van der Waals surface area contributed by atoms with E-state index in [9.17, 15) is 18.3 Å². The molecule has 1 aliphatic carbocycles. The number of fused-ring (bicyclic) bond motifs is 1. The average Bonchev–Trinajstić information content (AvgIpc) is 3.10. The Morgan fingerprint density at radius 3 is 2.64 bits per heavy atom. The molecule has 1 heterocycles. The molecule has 22 heavy (non-hydrogen) atoms. The predicted molar refractivity (Wildman–Crippen MR) is 74.1 cm³/mol. The maximum atomic E-state index is 12.7. The fourth-order valence-electron chi connectivity index (χ4n) is 2.93. The maximum absolute atomic E-state index is 12.7. The normalized spacial score (nSPS) is 18.2. The van der Waals surface area contributed by atoms with Gasteiger partial charge < -0.3 is 14.8 Å². The van der Waals surface area contributed by atoms with Gasteiger partial charge in [-0.25, -0.2) is 4.98 Å². The lowest BCUT2D eigenvalue weighted by atomic mass is 9.99. The average molecular weight is 314 g/mol. The third kappa shape index (κ3) is 2.96. The van der Waals surface area contributed by atoms with Crippen molar-refractivity contribution in [3.05, 3.63) is 29.7 Å². The fourth-order valence-corrected chi connectivity index (χ4v) is 2.93. The lowest BCUT2D eigenvalue weighted by Gasteiger charge is -2.27. The van der Waals surface area contributed by atoms with E-state index >= 15 is 0 Å². The van der Waals surface area contributed by atoms with Crippen LogP contribution in [0, 0.1) is 0 Å². The van der Waals surface area contributed by atoms with E-state index in [0.717, 1.165) is 37.8 Å². The summed E-state index contributed by atoms with van der Waals surface area (Å²) in [5.74, 6) is 0.328. The molecule has 4 nitrogen and oxygen atoms in total. The van der Waals surface area contributed by atoms with Crippen LogP contribution < -0.4 is 5.32 Å². The van der Waals surface area contributed by atoms with E-state index in [1.807, 2.05) is 0 Å². The standard InChI is InChI=1S/C15H17F3N2O2/c16-15(17,18)10-3-4-12-11(7-10)20-13(22-12)8-19-14(9-21)5-1-2-6-14/h3-4,7,19,21H,1-2,5-6,8-9H2. The van der Waals surface area contributed by atoms with Crippen molar-refractivity contribution in [2.24, 2.45) is 0 Å². The highest BCUT2D eigenvalue weighted by molar-refractivity contribution is 5.73. The van der Waals surface area contributed by atoms with E-state index < -0.39 is 11.7 Å². The Morgan fingerprint density at radius 1 is 1.27 bits per heavy atom. The summed E-state index contributed by atoms with van der Waals surface area (Å²) < 4.78 is 43.5. The number of oxazole rings is 1. The van der Waals surface area contributed by atoms with Crippen LogP contribution in [0.5, 0.6) is 0 Å². The van der Waals surface area contributed by atoms with Gasteiger partial charge in [-0.3, -0.25) is 0 Å². The Bertz CT molecular complexity index is 660. The number of aromatic nitrogens is 1. The van der Waals surface area contributed by atoms with Crippen LogP contribution in [-0.4, -0.2) is 22.2 Å². The molecule has 0 saturated heterocycles. The molecule has 0 aliphatic heterocycles. The summed E-state index contributed by atoms with van der Waals surface area (Å²) in [7, 11) is 0. The predicted octanol–water partition coefficient (Wildman–Crippen LogP) is 3.24. The van der Waals surface area contributed by atoms with Gasteiger partial charge in [0.2, 0.25) is 5.89 Å². The van der Waals surface area contributed by atoms with E-state index in [0.29, 0.717) is 11.5 Å². The zero-order chi connectivity index (χ0) is 15.8. The Balaban J connectivity index is 1.77. The van der Waals surface area contributed by atoms with Crippen LogP contribution in [0.3, 0.4) is 0 Å². The minimum absolute atomic E-state index is 0.0332. The first-order valence-corrected chi connectivity index (χ1v) is 7.24. The van der Waals surface area contributed by atoms with Crippen molar-refractivity contribution in [3.63, 3.8) is 0 Å². The molecule has 1 saturated carbocycles. The second kappa shape index (κ2) is 5.55. The Kier molecular flexibility index (Phi) is 3.86. The smallest absolute Gasteiger partial charge is 0.416 e. The van der Waals surface area contributed by atoms with Gasteiger partial charge in [-0.1, -0.05) is 12.8 Å². The van der Waals surface area contributed by atoms with Gasteiger partial charge in [-0.2, -0.15) is 13.2 Å². The van der Waals surface area contributed by atoms with E-state index in [4.69, 9.17) is 4.42 Å². The molecule has 3 rings (SSSR count). The number of halogens is 3. The second-order valence-corrected chi connectivity index (χ2v) is 5.79. The van der Waals surface area contributed by atoms with Gasteiger partial charge in [-0.05, 0) is 31.0 Å². The molecule has 0 amide bonds. The van der Waals surface area contributed by atoms with E-state index in [2.05, 4.69) is 10.3 Å². The minimum Gasteiger partial charge on any atom is -0.439 e. The highest BCUT2D eigenvalue weighted by Crippen LogP contribution is 2.32. The Morgan fingerprint density at radius 2 is 2.00 bits per heavy atom. The zero-order valence-electron chi connectivity index (χ0n) is 11.9. The van der Waals surface area contributed by atoms with Crippen LogP contribution in [0.15, 0.2) is 22.6 Å². The molecule has 120 valence electrons. The van der Waals surface area contributed by atoms with E-state index in [-0.39, 0.29) is 24.2 Å². The summed E-state index contributed by atoms with van der Waals surface area (Å²) in [6, 6.07) is 3.25. The molecule has 0 spiro atoms. The van der Waals surface area contributed by atoms with Gasteiger partial charge >= 0.3 is 6.18 Å². The van der Waals surface area contributed by atoms with Crippen molar-refractivity contribution in [2.45, 2.75) is 43.9 Å². The first-order chi connectivity index (χ1) is 10.4. The summed E-state index contributed by atoms with van der Waals surface area (Å²) >= 11 is 0. The number of nitrogens with zero attached hydrogens (tertiary/aromatic N) is 1. The summed E-state index contributed by atoms with van der Waals surface area (Å²) in [5.41, 5.74) is -0.543. The molecule has 0 radical (unpaired) electrons. The van der Waals surface area contributed by atoms with Gasteiger partial charge in [-0.15, -0.1) is 0 Å². The third-order valence-electron chi connectivity index (χ3n) is 4.24. The van der Waals surface area contributed by atoms with Crippen LogP contribution >= 0.6 is 0 Å². The van der Waals surface area contributed by atoms with Crippen LogP contribution in [0.1, 0.15) is 37.1 Å². The number of hydrogen-bond donors (Lipinski definition) is 2. The molecule has 2 aromatic rings. The molecule has 0 bridgehead atoms. The van der Waals surface area contributed by atoms with Crippen LogP contribution in [0.2, 0.25) is 0 Å². The van der Waals surface area contributed by atoms with Gasteiger partial charge in [0.25, 0.3) is 0 Å². The topological polar surface area (TPSA) is 58.3 Å². The molecule has 1 fully saturated rings. The molecule has 7 heteroatoms. The summed E-state index contributed by atoms with van der Waals surface area (Å²) in [6.45, 7) is 0.321. The monoisotopic (exact) mass is 314 g/mol. The van der Waals surface area contributed by atoms with Crippen molar-refractivity contribution >= 4 is 11.1 Å². The van der Waals surface area contributed by atoms with Crippen molar-refractivity contribution in [1.82, 2.24) is 10.3 Å². The number of aliphatic hydroxyl groups excluding tert-OH is 1. The summed E-state index contributed by atoms with van der Waals surface area (Å²) in [4.78, 5) is 4.10. The lowest BCUT2D eigenvalue weighted by molar-refractivity contribution is -0.137. The number of alkyl halides is 3. The van der Waals surface area contributed by atoms with E-state index in [1.165, 1.54) is 6.07 Å². The molecule has 1 aromatic carbocycles. The molecular weight excluding hydrogens is 297 g/mol. The molecule has 1 aromatic heterocycles. The fraction of sp³-hybridized carbons (Fsp3) is 0.533. The van der Waals surface area contributed by atoms with Crippen molar-refractivity contribution in [1.29, 1.82) is 0 Å². The van der Waals surface area contributed by atoms with Crippen LogP contribution in [0.25, 0.3) is 11.1 Å². The third-order valence-corrected chi connectivity index (χ3v) is 4.24. The molecule has 0 atom stereocenters. The van der Waals surface area contributed by atoms with Gasteiger partial charge in [0.15, 0.2) is 5.58 Å². The quantitative estimate of drug-likeness (QED) is 0.909. The summed E-state index contributed by atoms with van der Waals surface area (Å²) in [5, 5.41) is 12.8. The van der Waals surface area contributed by atoms with Crippen LogP contribution in [0.4, 0.5) is 13.2 Å². The van der Waals surface area contributed by atoms with E-state index in [1.54, 1.807) is 0 Å². The number of benzene rings is 1. The van der Waals surface area contributed by atoms with Crippen molar-refractivity contribution < 1.29 is 22.7 Å². The number of aliphatic hydroxyl groups is 1. The maximum Gasteiger partial charge on any atom is 0.416 e. The molecule has 0 unspecified atom stereocenters. The first-order valence-electron chi connectivity index (χ1n) is 7.24. The zero-order valence-corrected chi connectivity index (χ0v) is 11.9. The molecular formula is C15H17F3N2O2. The molecule has 1 aliphatic rings. The highest BCUT2D eigenvalue weighted by atomic mass is 19.4. The summed E-state index contributed by atoms with van der Waals surface area (Å²) in [6.07, 6.45) is -0.535. The Hall–Kier alpha value is -1.60. The lowest BCUT2D eigenvalue weighted by Crippen LogP contribution is -2.45. The Labute approximate surface area is 125 Å². The minimum atomic E-state index is -4.39. The number of rotatable bonds is 4. The van der Waals surface area contributed by atoms with Crippen LogP contribution in [-0.2, 0) is 12.7 Å². The van der Waals surface area contributed by atoms with Crippen molar-refractivity contribution in [2.75, 3.05) is 6.61 Å². The first kappa shape index (κ1) is 15.3. The SMILES string of the molecule is OCC1(NCc2nc3cc(C(F)(F)F)ccc3o2)CCCC1. The number of nitrogens with one attached hydrogen (secondary N) is 1. The van der Waals surface area contributed by atoms with Gasteiger partial charge in [0.1, 0.15) is 5.52 Å².